The maximum absolute atomic E-state index is 11.9. The van der Waals surface area contributed by atoms with E-state index in [1.165, 1.54) is 0 Å². The van der Waals surface area contributed by atoms with E-state index in [2.05, 4.69) is 22.2 Å². The first-order valence-electron chi connectivity index (χ1n) is 6.41. The van der Waals surface area contributed by atoms with Crippen molar-refractivity contribution >= 4 is 10.9 Å². The number of para-hydroxylation sites is 1. The quantitative estimate of drug-likeness (QED) is 0.793. The first kappa shape index (κ1) is 12.8. The van der Waals surface area contributed by atoms with Gasteiger partial charge in [-0.2, -0.15) is 0 Å². The summed E-state index contributed by atoms with van der Waals surface area (Å²) in [6.07, 6.45) is 2.30. The van der Waals surface area contributed by atoms with E-state index in [9.17, 15) is 4.79 Å². The van der Waals surface area contributed by atoms with Gasteiger partial charge in [0.15, 0.2) is 0 Å². The molecule has 0 amide bonds. The molecule has 0 unspecified atom stereocenters. The summed E-state index contributed by atoms with van der Waals surface area (Å²) in [5, 5.41) is 3.94. The van der Waals surface area contributed by atoms with Gasteiger partial charge in [-0.15, -0.1) is 0 Å². The number of aryl methyl sites for hydroxylation is 1. The molecular formula is C14H19N3O. The summed E-state index contributed by atoms with van der Waals surface area (Å²) >= 11 is 0. The fourth-order valence-corrected chi connectivity index (χ4v) is 1.94. The number of rotatable bonds is 5. The van der Waals surface area contributed by atoms with Crippen LogP contribution in [0.4, 0.5) is 0 Å². The number of fused-ring (bicyclic) bond motifs is 1. The second-order valence-electron chi connectivity index (χ2n) is 4.51. The van der Waals surface area contributed by atoms with Crippen LogP contribution in [0, 0.1) is 6.92 Å². The SMILES string of the molecule is CCCCNCc1nc2c(C)cccc2c(=O)[nH]1. The second kappa shape index (κ2) is 5.78. The molecule has 96 valence electrons. The van der Waals surface area contributed by atoms with E-state index in [4.69, 9.17) is 0 Å². The lowest BCUT2D eigenvalue weighted by Gasteiger charge is -2.06. The molecule has 1 heterocycles. The van der Waals surface area contributed by atoms with Crippen molar-refractivity contribution in [2.45, 2.75) is 33.2 Å². The van der Waals surface area contributed by atoms with E-state index in [-0.39, 0.29) is 5.56 Å². The Morgan fingerprint density at radius 3 is 3.00 bits per heavy atom. The van der Waals surface area contributed by atoms with Gasteiger partial charge in [0, 0.05) is 0 Å². The number of aromatic nitrogens is 2. The molecule has 2 N–H and O–H groups in total. The zero-order valence-electron chi connectivity index (χ0n) is 10.9. The fraction of sp³-hybridized carbons (Fsp3) is 0.429. The van der Waals surface area contributed by atoms with Crippen LogP contribution in [0.1, 0.15) is 31.2 Å². The van der Waals surface area contributed by atoms with Crippen LogP contribution < -0.4 is 10.9 Å². The van der Waals surface area contributed by atoms with E-state index in [1.54, 1.807) is 0 Å². The molecule has 2 rings (SSSR count). The van der Waals surface area contributed by atoms with Crippen LogP contribution in [0.2, 0.25) is 0 Å². The van der Waals surface area contributed by atoms with Crippen molar-refractivity contribution in [2.24, 2.45) is 0 Å². The molecule has 0 aliphatic heterocycles. The Kier molecular flexibility index (Phi) is 4.10. The average Bonchev–Trinajstić information content (AvgIpc) is 2.36. The van der Waals surface area contributed by atoms with Gasteiger partial charge in [-0.25, -0.2) is 4.98 Å². The third-order valence-electron chi connectivity index (χ3n) is 2.99. The first-order chi connectivity index (χ1) is 8.72. The lowest BCUT2D eigenvalue weighted by atomic mass is 10.1. The highest BCUT2D eigenvalue weighted by molar-refractivity contribution is 5.80. The number of nitrogens with zero attached hydrogens (tertiary/aromatic N) is 1. The van der Waals surface area contributed by atoms with Gasteiger partial charge in [0.2, 0.25) is 0 Å². The molecule has 1 aromatic carbocycles. The maximum atomic E-state index is 11.9. The number of unbranched alkanes of at least 4 members (excludes halogenated alkanes) is 1. The molecule has 0 fully saturated rings. The van der Waals surface area contributed by atoms with Gasteiger partial charge in [-0.05, 0) is 31.5 Å². The van der Waals surface area contributed by atoms with Crippen molar-refractivity contribution in [3.05, 3.63) is 39.9 Å². The summed E-state index contributed by atoms with van der Waals surface area (Å²) in [7, 11) is 0. The lowest BCUT2D eigenvalue weighted by molar-refractivity contribution is 0.623. The van der Waals surface area contributed by atoms with E-state index in [0.717, 1.165) is 30.5 Å². The Balaban J connectivity index is 2.25. The molecule has 2 aromatic rings. The van der Waals surface area contributed by atoms with Crippen LogP contribution in [-0.2, 0) is 6.54 Å². The Morgan fingerprint density at radius 1 is 1.39 bits per heavy atom. The Hall–Kier alpha value is -1.68. The minimum atomic E-state index is -0.0593. The van der Waals surface area contributed by atoms with Crippen LogP contribution in [0.3, 0.4) is 0 Å². The highest BCUT2D eigenvalue weighted by atomic mass is 16.1. The van der Waals surface area contributed by atoms with Crippen molar-refractivity contribution in [3.8, 4) is 0 Å². The molecule has 0 spiro atoms. The predicted octanol–water partition coefficient (Wildman–Crippen LogP) is 2.12. The summed E-state index contributed by atoms with van der Waals surface area (Å²) in [6, 6.07) is 5.67. The number of nitrogens with one attached hydrogen (secondary N) is 2. The Bertz CT molecular complexity index is 589. The summed E-state index contributed by atoms with van der Waals surface area (Å²) in [5.41, 5.74) is 1.78. The van der Waals surface area contributed by atoms with Crippen LogP contribution in [0.15, 0.2) is 23.0 Å². The van der Waals surface area contributed by atoms with Crippen LogP contribution in [-0.4, -0.2) is 16.5 Å². The summed E-state index contributed by atoms with van der Waals surface area (Å²) in [4.78, 5) is 19.3. The molecular weight excluding hydrogens is 226 g/mol. The van der Waals surface area contributed by atoms with Gasteiger partial charge in [0.25, 0.3) is 5.56 Å². The van der Waals surface area contributed by atoms with Gasteiger partial charge in [-0.1, -0.05) is 25.5 Å². The number of aromatic amines is 1. The molecule has 0 aliphatic rings. The van der Waals surface area contributed by atoms with Crippen molar-refractivity contribution < 1.29 is 0 Å². The van der Waals surface area contributed by atoms with Crippen molar-refractivity contribution in [1.29, 1.82) is 0 Å². The summed E-state index contributed by atoms with van der Waals surface area (Å²) in [5.74, 6) is 0.706. The Labute approximate surface area is 106 Å². The van der Waals surface area contributed by atoms with Crippen LogP contribution in [0.5, 0.6) is 0 Å². The lowest BCUT2D eigenvalue weighted by Crippen LogP contribution is -2.20. The highest BCUT2D eigenvalue weighted by Gasteiger charge is 2.05. The molecule has 0 aliphatic carbocycles. The minimum Gasteiger partial charge on any atom is -0.310 e. The summed E-state index contributed by atoms with van der Waals surface area (Å²) < 4.78 is 0. The number of benzene rings is 1. The zero-order chi connectivity index (χ0) is 13.0. The maximum Gasteiger partial charge on any atom is 0.258 e. The van der Waals surface area contributed by atoms with Crippen molar-refractivity contribution in [1.82, 2.24) is 15.3 Å². The molecule has 4 nitrogen and oxygen atoms in total. The topological polar surface area (TPSA) is 57.8 Å². The minimum absolute atomic E-state index is 0.0593. The monoisotopic (exact) mass is 245 g/mol. The van der Waals surface area contributed by atoms with Gasteiger partial charge in [-0.3, -0.25) is 4.79 Å². The van der Waals surface area contributed by atoms with Crippen LogP contribution in [0.25, 0.3) is 10.9 Å². The fourth-order valence-electron chi connectivity index (χ4n) is 1.94. The average molecular weight is 245 g/mol. The highest BCUT2D eigenvalue weighted by Crippen LogP contribution is 2.11. The Morgan fingerprint density at radius 2 is 2.22 bits per heavy atom. The standard InChI is InChI=1S/C14H19N3O/c1-3-4-8-15-9-12-16-13-10(2)6-5-7-11(13)14(18)17-12/h5-7,15H,3-4,8-9H2,1-2H3,(H,16,17,18). The smallest absolute Gasteiger partial charge is 0.258 e. The van der Waals surface area contributed by atoms with Crippen molar-refractivity contribution in [3.63, 3.8) is 0 Å². The van der Waals surface area contributed by atoms with E-state index in [0.29, 0.717) is 17.8 Å². The molecule has 1 aromatic heterocycles. The summed E-state index contributed by atoms with van der Waals surface area (Å²) in [6.45, 7) is 5.69. The third kappa shape index (κ3) is 2.76. The van der Waals surface area contributed by atoms with E-state index in [1.807, 2.05) is 25.1 Å². The first-order valence-corrected chi connectivity index (χ1v) is 6.41. The molecule has 0 saturated carbocycles. The molecule has 4 heteroatoms. The van der Waals surface area contributed by atoms with Gasteiger partial charge in [0.1, 0.15) is 5.82 Å². The van der Waals surface area contributed by atoms with Gasteiger partial charge >= 0.3 is 0 Å². The largest absolute Gasteiger partial charge is 0.310 e. The van der Waals surface area contributed by atoms with Crippen LogP contribution >= 0.6 is 0 Å². The predicted molar refractivity (Wildman–Crippen MR) is 73.7 cm³/mol. The number of H-pyrrole nitrogens is 1. The van der Waals surface area contributed by atoms with Gasteiger partial charge in [0.05, 0.1) is 17.4 Å². The molecule has 0 bridgehead atoms. The van der Waals surface area contributed by atoms with E-state index >= 15 is 0 Å². The second-order valence-corrected chi connectivity index (χ2v) is 4.51. The molecule has 0 radical (unpaired) electrons. The number of hydrogen-bond acceptors (Lipinski definition) is 3. The van der Waals surface area contributed by atoms with E-state index < -0.39 is 0 Å². The third-order valence-corrected chi connectivity index (χ3v) is 2.99. The van der Waals surface area contributed by atoms with Crippen molar-refractivity contribution in [2.75, 3.05) is 6.54 Å². The normalized spacial score (nSPS) is 11.0. The molecule has 0 atom stereocenters. The van der Waals surface area contributed by atoms with Gasteiger partial charge < -0.3 is 10.3 Å². The molecule has 18 heavy (non-hydrogen) atoms. The molecule has 0 saturated heterocycles. The number of hydrogen-bond donors (Lipinski definition) is 2. The zero-order valence-corrected chi connectivity index (χ0v) is 10.9.